The van der Waals surface area contributed by atoms with Crippen LogP contribution in [0, 0.1) is 5.41 Å². The fraction of sp³-hybridized carbons (Fsp3) is 0.900. The zero-order valence-electron chi connectivity index (χ0n) is 10.5. The van der Waals surface area contributed by atoms with Crippen LogP contribution in [0.4, 0.5) is 0 Å². The first-order chi connectivity index (χ1) is 7.04. The number of nitrogens with one attached hydrogen (secondary N) is 1. The van der Waals surface area contributed by atoms with Gasteiger partial charge < -0.3 is 5.32 Å². The highest BCUT2D eigenvalue weighted by Gasteiger charge is 2.54. The molecule has 6 heteroatoms. The summed E-state index contributed by atoms with van der Waals surface area (Å²) in [5.74, 6) is -0.417. The van der Waals surface area contributed by atoms with E-state index >= 15 is 0 Å². The number of hydrogen-bond acceptors (Lipinski definition) is 4. The quantitative estimate of drug-likeness (QED) is 0.774. The molecule has 1 aliphatic heterocycles. The van der Waals surface area contributed by atoms with Gasteiger partial charge in [-0.05, 0) is 34.7 Å². The zero-order chi connectivity index (χ0) is 12.8. The van der Waals surface area contributed by atoms with Crippen molar-refractivity contribution in [1.82, 2.24) is 9.62 Å². The summed E-state index contributed by atoms with van der Waals surface area (Å²) >= 11 is 0. The molecule has 0 aromatic heterocycles. The van der Waals surface area contributed by atoms with Gasteiger partial charge >= 0.3 is 0 Å². The molecule has 16 heavy (non-hydrogen) atoms. The van der Waals surface area contributed by atoms with Gasteiger partial charge in [0, 0.05) is 6.54 Å². The standard InChI is InChI=1S/C10H20N2O3S/c1-9(2)7-16(14,15)12(8(9)13)10(3,4)6-11-5/h11H,6-7H2,1-5H3. The van der Waals surface area contributed by atoms with Crippen molar-refractivity contribution in [1.29, 1.82) is 0 Å². The molecule has 1 N–H and O–H groups in total. The third-order valence-corrected chi connectivity index (χ3v) is 5.05. The number of rotatable bonds is 3. The van der Waals surface area contributed by atoms with Crippen molar-refractivity contribution in [2.75, 3.05) is 19.3 Å². The number of carbonyl (C=O) groups excluding carboxylic acids is 1. The maximum absolute atomic E-state index is 12.1. The van der Waals surface area contributed by atoms with Gasteiger partial charge in [0.25, 0.3) is 0 Å². The van der Waals surface area contributed by atoms with E-state index in [1.54, 1.807) is 34.7 Å². The summed E-state index contributed by atoms with van der Waals surface area (Å²) in [4.78, 5) is 12.1. The third-order valence-electron chi connectivity index (χ3n) is 2.74. The zero-order valence-corrected chi connectivity index (χ0v) is 11.3. The average Bonchev–Trinajstić information content (AvgIpc) is 2.15. The van der Waals surface area contributed by atoms with Crippen LogP contribution in [0.25, 0.3) is 0 Å². The molecule has 0 atom stereocenters. The lowest BCUT2D eigenvalue weighted by Gasteiger charge is -2.34. The van der Waals surface area contributed by atoms with Crippen LogP contribution in [0.15, 0.2) is 0 Å². The summed E-state index contributed by atoms with van der Waals surface area (Å²) in [5, 5.41) is 2.91. The SMILES string of the molecule is CNCC(C)(C)N1C(=O)C(C)(C)CS1(=O)=O. The molecule has 0 radical (unpaired) electrons. The Kier molecular flexibility index (Phi) is 3.11. The van der Waals surface area contributed by atoms with Crippen molar-refractivity contribution < 1.29 is 13.2 Å². The minimum atomic E-state index is -3.48. The van der Waals surface area contributed by atoms with Crippen molar-refractivity contribution in [3.63, 3.8) is 0 Å². The van der Waals surface area contributed by atoms with Gasteiger partial charge in [0.15, 0.2) is 0 Å². The van der Waals surface area contributed by atoms with Gasteiger partial charge in [0.05, 0.1) is 16.7 Å². The van der Waals surface area contributed by atoms with Crippen LogP contribution in [0.2, 0.25) is 0 Å². The van der Waals surface area contributed by atoms with E-state index in [9.17, 15) is 13.2 Å². The Morgan fingerprint density at radius 3 is 2.25 bits per heavy atom. The lowest BCUT2D eigenvalue weighted by molar-refractivity contribution is -0.135. The van der Waals surface area contributed by atoms with Gasteiger partial charge in [0.2, 0.25) is 15.9 Å². The number of carbonyl (C=O) groups is 1. The van der Waals surface area contributed by atoms with Gasteiger partial charge in [-0.3, -0.25) is 4.79 Å². The number of hydrogen-bond donors (Lipinski definition) is 1. The number of sulfonamides is 1. The minimum absolute atomic E-state index is 0.105. The molecule has 0 spiro atoms. The van der Waals surface area contributed by atoms with E-state index in [0.29, 0.717) is 6.54 Å². The first-order valence-corrected chi connectivity index (χ1v) is 6.88. The topological polar surface area (TPSA) is 66.5 Å². The second-order valence-electron chi connectivity index (χ2n) is 5.55. The molecule has 0 aromatic rings. The number of nitrogens with zero attached hydrogens (tertiary/aromatic N) is 1. The third kappa shape index (κ3) is 2.08. The van der Waals surface area contributed by atoms with E-state index in [0.717, 1.165) is 4.31 Å². The van der Waals surface area contributed by atoms with Gasteiger partial charge in [-0.1, -0.05) is 0 Å². The summed E-state index contributed by atoms with van der Waals surface area (Å²) in [6.45, 7) is 7.28. The highest BCUT2D eigenvalue weighted by molar-refractivity contribution is 7.90. The number of likely N-dealkylation sites (N-methyl/N-ethyl adjacent to an activating group) is 1. The van der Waals surface area contributed by atoms with Crippen LogP contribution in [0.5, 0.6) is 0 Å². The van der Waals surface area contributed by atoms with E-state index in [1.807, 2.05) is 0 Å². The largest absolute Gasteiger partial charge is 0.317 e. The fourth-order valence-electron chi connectivity index (χ4n) is 2.14. The van der Waals surface area contributed by atoms with Crippen molar-refractivity contribution in [2.24, 2.45) is 5.41 Å². The lowest BCUT2D eigenvalue weighted by atomic mass is 9.93. The normalized spacial score (nSPS) is 23.8. The Bertz CT molecular complexity index is 398. The molecule has 5 nitrogen and oxygen atoms in total. The van der Waals surface area contributed by atoms with Crippen LogP contribution < -0.4 is 5.32 Å². The maximum atomic E-state index is 12.1. The van der Waals surface area contributed by atoms with Crippen LogP contribution in [-0.4, -0.2) is 43.5 Å². The Labute approximate surface area is 97.2 Å². The Morgan fingerprint density at radius 1 is 1.44 bits per heavy atom. The Balaban J connectivity index is 3.19. The maximum Gasteiger partial charge on any atom is 0.243 e. The molecule has 1 fully saturated rings. The van der Waals surface area contributed by atoms with Gasteiger partial charge in [-0.25, -0.2) is 12.7 Å². The molecule has 0 saturated carbocycles. The first kappa shape index (κ1) is 13.4. The highest BCUT2D eigenvalue weighted by atomic mass is 32.2. The molecule has 0 aromatic carbocycles. The second-order valence-corrected chi connectivity index (χ2v) is 7.37. The Morgan fingerprint density at radius 2 is 1.94 bits per heavy atom. The van der Waals surface area contributed by atoms with Gasteiger partial charge in [-0.2, -0.15) is 0 Å². The molecule has 0 bridgehead atoms. The van der Waals surface area contributed by atoms with Crippen LogP contribution in [0.1, 0.15) is 27.7 Å². The average molecular weight is 248 g/mol. The molecule has 1 rings (SSSR count). The fourth-order valence-corrected chi connectivity index (χ4v) is 4.62. The van der Waals surface area contributed by atoms with Crippen LogP contribution >= 0.6 is 0 Å². The molecule has 1 heterocycles. The summed E-state index contributed by atoms with van der Waals surface area (Å²) in [6.07, 6.45) is 0. The molecule has 1 aliphatic rings. The Hall–Kier alpha value is -0.620. The second kappa shape index (κ2) is 3.70. The van der Waals surface area contributed by atoms with E-state index in [-0.39, 0.29) is 11.7 Å². The molecular weight excluding hydrogens is 228 g/mol. The van der Waals surface area contributed by atoms with E-state index < -0.39 is 21.0 Å². The van der Waals surface area contributed by atoms with E-state index in [1.165, 1.54) is 0 Å². The molecular formula is C10H20N2O3S. The monoisotopic (exact) mass is 248 g/mol. The van der Waals surface area contributed by atoms with Crippen molar-refractivity contribution in [3.05, 3.63) is 0 Å². The van der Waals surface area contributed by atoms with Gasteiger partial charge in [0.1, 0.15) is 0 Å². The lowest BCUT2D eigenvalue weighted by Crippen LogP contribution is -2.53. The van der Waals surface area contributed by atoms with E-state index in [4.69, 9.17) is 0 Å². The molecule has 0 unspecified atom stereocenters. The molecule has 1 saturated heterocycles. The van der Waals surface area contributed by atoms with Crippen molar-refractivity contribution >= 4 is 15.9 Å². The van der Waals surface area contributed by atoms with Crippen molar-refractivity contribution in [2.45, 2.75) is 33.2 Å². The van der Waals surface area contributed by atoms with Crippen molar-refractivity contribution in [3.8, 4) is 0 Å². The number of amides is 1. The highest BCUT2D eigenvalue weighted by Crippen LogP contribution is 2.36. The summed E-state index contributed by atoms with van der Waals surface area (Å²) in [7, 11) is -1.74. The summed E-state index contributed by atoms with van der Waals surface area (Å²) in [6, 6.07) is 0. The van der Waals surface area contributed by atoms with Gasteiger partial charge in [-0.15, -0.1) is 0 Å². The predicted octanol–water partition coefficient (Wildman–Crippen LogP) is 0.183. The molecule has 1 amide bonds. The van der Waals surface area contributed by atoms with Crippen LogP contribution in [0.3, 0.4) is 0 Å². The van der Waals surface area contributed by atoms with E-state index in [2.05, 4.69) is 5.32 Å². The molecule has 94 valence electrons. The predicted molar refractivity (Wildman–Crippen MR) is 62.4 cm³/mol. The minimum Gasteiger partial charge on any atom is -0.317 e. The smallest absolute Gasteiger partial charge is 0.243 e. The molecule has 0 aliphatic carbocycles. The first-order valence-electron chi connectivity index (χ1n) is 5.27. The summed E-state index contributed by atoms with van der Waals surface area (Å²) in [5.41, 5.74) is -1.54. The summed E-state index contributed by atoms with van der Waals surface area (Å²) < 4.78 is 25.0. The van der Waals surface area contributed by atoms with Crippen LogP contribution in [-0.2, 0) is 14.8 Å².